The van der Waals surface area contributed by atoms with Crippen LogP contribution in [0.1, 0.15) is 18.2 Å². The fourth-order valence-electron chi connectivity index (χ4n) is 4.94. The van der Waals surface area contributed by atoms with E-state index in [1.54, 1.807) is 0 Å². The average Bonchev–Trinajstić information content (AvgIpc) is 3.27. The molecule has 1 saturated heterocycles. The Morgan fingerprint density at radius 3 is 2.94 bits per heavy atom. The third kappa shape index (κ3) is 4.85. The molecule has 1 aliphatic heterocycles. The van der Waals surface area contributed by atoms with Crippen LogP contribution < -0.4 is 5.32 Å². The number of nitrogens with one attached hydrogen (secondary N) is 2. The Morgan fingerprint density at radius 1 is 1.31 bits per heavy atom. The van der Waals surface area contributed by atoms with Gasteiger partial charge in [0.05, 0.1) is 18.9 Å². The van der Waals surface area contributed by atoms with Crippen LogP contribution in [0.25, 0.3) is 27.7 Å². The summed E-state index contributed by atoms with van der Waals surface area (Å²) in [5, 5.41) is 4.00. The number of rotatable bonds is 6. The van der Waals surface area contributed by atoms with Crippen LogP contribution in [0.3, 0.4) is 0 Å². The number of carbonyl (C=O) groups is 1. The summed E-state index contributed by atoms with van der Waals surface area (Å²) < 4.78 is 5.54. The highest BCUT2D eigenvalue weighted by molar-refractivity contribution is 6.04. The molecule has 2 N–H and O–H groups in total. The van der Waals surface area contributed by atoms with Crippen LogP contribution in [0.15, 0.2) is 67.4 Å². The number of aromatic nitrogens is 2. The van der Waals surface area contributed by atoms with Gasteiger partial charge in [-0.3, -0.25) is 9.69 Å². The highest BCUT2D eigenvalue weighted by Gasteiger charge is 2.24. The molecule has 3 heterocycles. The molecule has 2 aliphatic rings. The maximum absolute atomic E-state index is 12.0. The van der Waals surface area contributed by atoms with Crippen LogP contribution >= 0.6 is 0 Å². The number of H-pyrrole nitrogens is 1. The molecule has 6 heteroatoms. The van der Waals surface area contributed by atoms with Gasteiger partial charge in [-0.2, -0.15) is 0 Å². The van der Waals surface area contributed by atoms with Gasteiger partial charge in [0.25, 0.3) is 0 Å². The van der Waals surface area contributed by atoms with Crippen molar-refractivity contribution in [3.8, 4) is 11.1 Å². The van der Waals surface area contributed by atoms with Gasteiger partial charge < -0.3 is 15.0 Å². The smallest absolute Gasteiger partial charge is 0.247 e. The highest BCUT2D eigenvalue weighted by Crippen LogP contribution is 2.39. The number of morpholine rings is 1. The second kappa shape index (κ2) is 10.0. The van der Waals surface area contributed by atoms with E-state index >= 15 is 0 Å². The fraction of sp³-hybridized carbons (Fsp3) is 0.310. The molecule has 0 radical (unpaired) electrons. The molecule has 1 aliphatic carbocycles. The summed E-state index contributed by atoms with van der Waals surface area (Å²) in [6.07, 6.45) is 10.0. The van der Waals surface area contributed by atoms with Crippen molar-refractivity contribution in [2.24, 2.45) is 11.8 Å². The molecule has 0 saturated carbocycles. The van der Waals surface area contributed by atoms with Gasteiger partial charge in [0.2, 0.25) is 5.91 Å². The number of allylic oxidation sites excluding steroid dienone is 3. The summed E-state index contributed by atoms with van der Waals surface area (Å²) in [5.74, 6) is 0.664. The first kappa shape index (κ1) is 23.3. The van der Waals surface area contributed by atoms with E-state index in [9.17, 15) is 4.79 Å². The van der Waals surface area contributed by atoms with Gasteiger partial charge in [-0.25, -0.2) is 4.98 Å². The number of carbonyl (C=O) groups excluding carboxylic acids is 1. The van der Waals surface area contributed by atoms with E-state index in [0.29, 0.717) is 11.8 Å². The molecule has 2 atom stereocenters. The lowest BCUT2D eigenvalue weighted by Gasteiger charge is -2.32. The maximum atomic E-state index is 12.0. The maximum Gasteiger partial charge on any atom is 0.247 e. The van der Waals surface area contributed by atoms with Crippen molar-refractivity contribution < 1.29 is 9.53 Å². The van der Waals surface area contributed by atoms with Gasteiger partial charge in [-0.05, 0) is 59.7 Å². The molecular weight excluding hydrogens is 436 g/mol. The number of hydrogen-bond donors (Lipinski definition) is 2. The lowest BCUT2D eigenvalue weighted by atomic mass is 9.84. The number of aryl methyl sites for hydroxylation is 1. The monoisotopic (exact) mass is 468 g/mol. The molecule has 3 aromatic rings. The highest BCUT2D eigenvalue weighted by atomic mass is 16.5. The van der Waals surface area contributed by atoms with Gasteiger partial charge in [-0.1, -0.05) is 43.9 Å². The van der Waals surface area contributed by atoms with Crippen LogP contribution in [-0.4, -0.2) is 53.6 Å². The van der Waals surface area contributed by atoms with Crippen molar-refractivity contribution in [1.82, 2.24) is 14.9 Å². The van der Waals surface area contributed by atoms with Crippen molar-refractivity contribution in [2.45, 2.75) is 13.8 Å². The first-order chi connectivity index (χ1) is 17.0. The Morgan fingerprint density at radius 2 is 2.14 bits per heavy atom. The number of nitrogens with zero attached hydrogens (tertiary/aromatic N) is 2. The molecular formula is C29H32N4O2. The van der Waals surface area contributed by atoms with E-state index in [4.69, 9.17) is 4.74 Å². The van der Waals surface area contributed by atoms with Crippen LogP contribution in [0.2, 0.25) is 0 Å². The Balaban J connectivity index is 1.57. The minimum Gasteiger partial charge on any atom is -0.379 e. The Kier molecular flexibility index (Phi) is 6.66. The van der Waals surface area contributed by atoms with Gasteiger partial charge in [0.15, 0.2) is 0 Å². The van der Waals surface area contributed by atoms with Gasteiger partial charge >= 0.3 is 0 Å². The van der Waals surface area contributed by atoms with Crippen LogP contribution in [0, 0.1) is 18.8 Å². The van der Waals surface area contributed by atoms with Crippen LogP contribution in [0.4, 0.5) is 5.69 Å². The van der Waals surface area contributed by atoms with E-state index in [1.807, 2.05) is 31.3 Å². The standard InChI is InChI=1S/C29H32N4O2/c1-4-26(34)31-25-17-21(9-8-20(25)3)27-24-6-5-11-30-29(24)32-28(27)22-10-7-19(2)23(16-22)18-33-12-14-35-15-13-33/h4-11,16-17,19,23H,1,12-15,18H2,2-3H3,(H,30,32)(H,31,34). The third-order valence-corrected chi connectivity index (χ3v) is 7.05. The summed E-state index contributed by atoms with van der Waals surface area (Å²) >= 11 is 0. The van der Waals surface area contributed by atoms with Crippen molar-refractivity contribution in [3.63, 3.8) is 0 Å². The minimum atomic E-state index is -0.219. The zero-order valence-electron chi connectivity index (χ0n) is 20.4. The molecule has 2 aromatic heterocycles. The molecule has 180 valence electrons. The molecule has 1 aromatic carbocycles. The summed E-state index contributed by atoms with van der Waals surface area (Å²) in [5.41, 5.74) is 6.99. The van der Waals surface area contributed by atoms with E-state index in [-0.39, 0.29) is 5.91 Å². The quantitative estimate of drug-likeness (QED) is 0.488. The van der Waals surface area contributed by atoms with Gasteiger partial charge in [0, 0.05) is 42.5 Å². The molecule has 2 unspecified atom stereocenters. The Labute approximate surface area is 206 Å². The molecule has 1 fully saturated rings. The fourth-order valence-corrected chi connectivity index (χ4v) is 4.94. The van der Waals surface area contributed by atoms with Crippen molar-refractivity contribution >= 4 is 28.2 Å². The summed E-state index contributed by atoms with van der Waals surface area (Å²) in [6, 6.07) is 10.3. The van der Waals surface area contributed by atoms with E-state index < -0.39 is 0 Å². The van der Waals surface area contributed by atoms with Crippen LogP contribution in [0.5, 0.6) is 0 Å². The SMILES string of the molecule is C=CC(=O)Nc1cc(-c2c(C3=CC(CN4CCOCC4)C(C)C=C3)[nH]c3ncccc23)ccc1C. The van der Waals surface area contributed by atoms with Gasteiger partial charge in [-0.15, -0.1) is 0 Å². The molecule has 35 heavy (non-hydrogen) atoms. The number of ether oxygens (including phenoxy) is 1. The molecule has 6 nitrogen and oxygen atoms in total. The van der Waals surface area contributed by atoms with Crippen LogP contribution in [-0.2, 0) is 9.53 Å². The number of pyridine rings is 1. The summed E-state index contributed by atoms with van der Waals surface area (Å²) in [7, 11) is 0. The lowest BCUT2D eigenvalue weighted by molar-refractivity contribution is -0.111. The minimum absolute atomic E-state index is 0.219. The molecule has 1 amide bonds. The van der Waals surface area contributed by atoms with E-state index in [0.717, 1.165) is 72.0 Å². The second-order valence-corrected chi connectivity index (χ2v) is 9.41. The van der Waals surface area contributed by atoms with Crippen molar-refractivity contribution in [3.05, 3.63) is 78.7 Å². The second-order valence-electron chi connectivity index (χ2n) is 9.41. The van der Waals surface area contributed by atoms with Crippen molar-refractivity contribution in [2.75, 3.05) is 38.2 Å². The first-order valence-corrected chi connectivity index (χ1v) is 12.2. The van der Waals surface area contributed by atoms with E-state index in [1.165, 1.54) is 11.6 Å². The molecule has 5 rings (SSSR count). The molecule has 0 bridgehead atoms. The predicted octanol–water partition coefficient (Wildman–Crippen LogP) is 5.20. The average molecular weight is 469 g/mol. The number of amides is 1. The number of anilines is 1. The van der Waals surface area contributed by atoms with E-state index in [2.05, 4.69) is 64.0 Å². The van der Waals surface area contributed by atoms with Gasteiger partial charge in [0.1, 0.15) is 5.65 Å². The van der Waals surface area contributed by atoms with Crippen molar-refractivity contribution in [1.29, 1.82) is 0 Å². The number of aromatic amines is 1. The lowest BCUT2D eigenvalue weighted by Crippen LogP contribution is -2.40. The zero-order valence-corrected chi connectivity index (χ0v) is 20.4. The first-order valence-electron chi connectivity index (χ1n) is 12.2. The third-order valence-electron chi connectivity index (χ3n) is 7.05. The Bertz CT molecular complexity index is 1310. The summed E-state index contributed by atoms with van der Waals surface area (Å²) in [4.78, 5) is 22.7. The predicted molar refractivity (Wildman–Crippen MR) is 142 cm³/mol. The number of benzene rings is 1. The Hall–Kier alpha value is -3.48. The summed E-state index contributed by atoms with van der Waals surface area (Å²) in [6.45, 7) is 12.5. The topological polar surface area (TPSA) is 70.2 Å². The normalized spacial score (nSPS) is 20.6. The largest absolute Gasteiger partial charge is 0.379 e. The molecule has 0 spiro atoms. The zero-order chi connectivity index (χ0) is 24.4. The number of hydrogen-bond acceptors (Lipinski definition) is 4. The number of fused-ring (bicyclic) bond motifs is 1.